The number of hydrogen-bond acceptors (Lipinski definition) is 4. The van der Waals surface area contributed by atoms with Crippen molar-refractivity contribution in [3.05, 3.63) is 28.1 Å². The molecule has 0 heterocycles. The summed E-state index contributed by atoms with van der Waals surface area (Å²) in [6, 6.07) is 2.32. The summed E-state index contributed by atoms with van der Waals surface area (Å²) in [4.78, 5) is 10.2. The van der Waals surface area contributed by atoms with E-state index in [4.69, 9.17) is 4.74 Å². The first-order valence-electron chi connectivity index (χ1n) is 7.13. The summed E-state index contributed by atoms with van der Waals surface area (Å²) in [6.45, 7) is 6.30. The predicted molar refractivity (Wildman–Crippen MR) is 81.4 cm³/mol. The molecular formula is C15H23FN2O3. The number of nitro benzene ring substituents is 1. The Labute approximate surface area is 124 Å². The minimum absolute atomic E-state index is 0.0540. The second kappa shape index (κ2) is 7.81. The topological polar surface area (TPSA) is 64.4 Å². The van der Waals surface area contributed by atoms with E-state index in [0.717, 1.165) is 25.3 Å². The van der Waals surface area contributed by atoms with Crippen molar-refractivity contribution < 1.29 is 14.1 Å². The van der Waals surface area contributed by atoms with E-state index in [1.54, 1.807) is 0 Å². The molecule has 1 aromatic rings. The number of benzene rings is 1. The quantitative estimate of drug-likeness (QED) is 0.571. The third kappa shape index (κ3) is 5.21. The Morgan fingerprint density at radius 3 is 2.52 bits per heavy atom. The lowest BCUT2D eigenvalue weighted by Crippen LogP contribution is -2.16. The molecule has 1 atom stereocenters. The largest absolute Gasteiger partial charge is 0.490 e. The highest BCUT2D eigenvalue weighted by molar-refractivity contribution is 5.59. The molecular weight excluding hydrogens is 275 g/mol. The van der Waals surface area contributed by atoms with Crippen LogP contribution in [0.3, 0.4) is 0 Å². The molecule has 1 N–H and O–H groups in total. The highest BCUT2D eigenvalue weighted by Gasteiger charge is 2.19. The molecule has 0 aromatic heterocycles. The molecule has 0 amide bonds. The van der Waals surface area contributed by atoms with Gasteiger partial charge in [0.1, 0.15) is 0 Å². The number of rotatable bonds is 8. The molecule has 118 valence electrons. The SMILES string of the molecule is COc1cc(NC(C)CCCC(C)C)c(F)cc1[N+](=O)[O-]. The van der Waals surface area contributed by atoms with Gasteiger partial charge in [0, 0.05) is 12.1 Å². The molecule has 0 radical (unpaired) electrons. The van der Waals surface area contributed by atoms with Gasteiger partial charge >= 0.3 is 5.69 Å². The van der Waals surface area contributed by atoms with Gasteiger partial charge < -0.3 is 10.1 Å². The van der Waals surface area contributed by atoms with E-state index in [1.165, 1.54) is 13.2 Å². The third-order valence-electron chi connectivity index (χ3n) is 3.29. The second-order valence-electron chi connectivity index (χ2n) is 5.63. The predicted octanol–water partition coefficient (Wildman–Crippen LogP) is 4.37. The van der Waals surface area contributed by atoms with Gasteiger partial charge in [0.25, 0.3) is 0 Å². The summed E-state index contributed by atoms with van der Waals surface area (Å²) in [6.07, 6.45) is 3.09. The van der Waals surface area contributed by atoms with Crippen molar-refractivity contribution in [3.8, 4) is 5.75 Å². The molecule has 1 aromatic carbocycles. The summed E-state index contributed by atoms with van der Waals surface area (Å²) < 4.78 is 18.9. The number of nitro groups is 1. The zero-order valence-corrected chi connectivity index (χ0v) is 13.0. The Hall–Kier alpha value is -1.85. The number of anilines is 1. The van der Waals surface area contributed by atoms with Gasteiger partial charge in [-0.25, -0.2) is 4.39 Å². The van der Waals surface area contributed by atoms with E-state index in [-0.39, 0.29) is 23.2 Å². The second-order valence-corrected chi connectivity index (χ2v) is 5.63. The number of nitrogens with one attached hydrogen (secondary N) is 1. The molecule has 0 aliphatic carbocycles. The van der Waals surface area contributed by atoms with Crippen LogP contribution in [0.1, 0.15) is 40.0 Å². The maximum absolute atomic E-state index is 13.9. The lowest BCUT2D eigenvalue weighted by molar-refractivity contribution is -0.385. The van der Waals surface area contributed by atoms with Crippen LogP contribution in [-0.2, 0) is 0 Å². The van der Waals surface area contributed by atoms with Gasteiger partial charge in [0.2, 0.25) is 0 Å². The molecule has 5 nitrogen and oxygen atoms in total. The number of nitrogens with zero attached hydrogens (tertiary/aromatic N) is 1. The van der Waals surface area contributed by atoms with E-state index < -0.39 is 10.7 Å². The van der Waals surface area contributed by atoms with E-state index in [0.29, 0.717) is 5.92 Å². The Morgan fingerprint density at radius 1 is 1.33 bits per heavy atom. The van der Waals surface area contributed by atoms with Crippen LogP contribution in [0, 0.1) is 21.8 Å². The normalized spacial score (nSPS) is 12.3. The molecule has 0 spiro atoms. The molecule has 6 heteroatoms. The van der Waals surface area contributed by atoms with E-state index in [1.807, 2.05) is 6.92 Å². The fraction of sp³-hybridized carbons (Fsp3) is 0.600. The number of ether oxygens (including phenoxy) is 1. The maximum Gasteiger partial charge on any atom is 0.313 e. The van der Waals surface area contributed by atoms with Gasteiger partial charge in [-0.3, -0.25) is 10.1 Å². The Balaban J connectivity index is 2.77. The molecule has 0 aliphatic heterocycles. The lowest BCUT2D eigenvalue weighted by atomic mass is 10.0. The summed E-state index contributed by atoms with van der Waals surface area (Å²) in [5, 5.41) is 13.9. The Morgan fingerprint density at radius 2 is 2.00 bits per heavy atom. The van der Waals surface area contributed by atoms with Crippen LogP contribution in [-0.4, -0.2) is 18.1 Å². The highest BCUT2D eigenvalue weighted by atomic mass is 19.1. The first kappa shape index (κ1) is 17.2. The standard InChI is InChI=1S/C15H23FN2O3/c1-10(2)6-5-7-11(3)17-13-9-15(21-4)14(18(19)20)8-12(13)16/h8-11,17H,5-7H2,1-4H3. The highest BCUT2D eigenvalue weighted by Crippen LogP contribution is 2.32. The van der Waals surface area contributed by atoms with E-state index >= 15 is 0 Å². The molecule has 1 unspecified atom stereocenters. The van der Waals surface area contributed by atoms with Crippen LogP contribution < -0.4 is 10.1 Å². The van der Waals surface area contributed by atoms with Crippen molar-refractivity contribution in [2.24, 2.45) is 5.92 Å². The van der Waals surface area contributed by atoms with Crippen LogP contribution in [0.15, 0.2) is 12.1 Å². The van der Waals surface area contributed by atoms with Crippen LogP contribution in [0.25, 0.3) is 0 Å². The van der Waals surface area contributed by atoms with Gasteiger partial charge in [0.15, 0.2) is 11.6 Å². The third-order valence-corrected chi connectivity index (χ3v) is 3.29. The van der Waals surface area contributed by atoms with Crippen LogP contribution in [0.5, 0.6) is 5.75 Å². The number of methoxy groups -OCH3 is 1. The smallest absolute Gasteiger partial charge is 0.313 e. The van der Waals surface area contributed by atoms with Gasteiger partial charge in [-0.2, -0.15) is 0 Å². The van der Waals surface area contributed by atoms with Crippen molar-refractivity contribution in [1.29, 1.82) is 0 Å². The molecule has 1 rings (SSSR count). The average Bonchev–Trinajstić information content (AvgIpc) is 2.39. The average molecular weight is 298 g/mol. The van der Waals surface area contributed by atoms with Gasteiger partial charge in [-0.1, -0.05) is 26.7 Å². The number of halogens is 1. The van der Waals surface area contributed by atoms with E-state index in [2.05, 4.69) is 19.2 Å². The van der Waals surface area contributed by atoms with E-state index in [9.17, 15) is 14.5 Å². The summed E-state index contributed by atoms with van der Waals surface area (Å²) in [5.41, 5.74) is -0.137. The van der Waals surface area contributed by atoms with Crippen molar-refractivity contribution in [1.82, 2.24) is 0 Å². The maximum atomic E-state index is 13.9. The van der Waals surface area contributed by atoms with Crippen LogP contribution in [0.4, 0.5) is 15.8 Å². The Kier molecular flexibility index (Phi) is 6.39. The minimum Gasteiger partial charge on any atom is -0.490 e. The zero-order chi connectivity index (χ0) is 16.0. The molecule has 0 fully saturated rings. The van der Waals surface area contributed by atoms with Gasteiger partial charge in [-0.15, -0.1) is 0 Å². The lowest BCUT2D eigenvalue weighted by Gasteiger charge is -2.17. The van der Waals surface area contributed by atoms with Crippen LogP contribution in [0.2, 0.25) is 0 Å². The summed E-state index contributed by atoms with van der Waals surface area (Å²) in [5.74, 6) is 0.0601. The molecule has 21 heavy (non-hydrogen) atoms. The summed E-state index contributed by atoms with van der Waals surface area (Å²) >= 11 is 0. The Bertz CT molecular complexity index is 492. The first-order valence-corrected chi connectivity index (χ1v) is 7.13. The fourth-order valence-corrected chi connectivity index (χ4v) is 2.13. The van der Waals surface area contributed by atoms with Crippen LogP contribution >= 0.6 is 0 Å². The fourth-order valence-electron chi connectivity index (χ4n) is 2.13. The zero-order valence-electron chi connectivity index (χ0n) is 13.0. The molecule has 0 saturated heterocycles. The van der Waals surface area contributed by atoms with Crippen molar-refractivity contribution in [2.45, 2.75) is 46.1 Å². The van der Waals surface area contributed by atoms with Gasteiger partial charge in [0.05, 0.1) is 23.8 Å². The number of hydrogen-bond donors (Lipinski definition) is 1. The molecule has 0 aliphatic rings. The molecule has 0 saturated carbocycles. The van der Waals surface area contributed by atoms with Gasteiger partial charge in [-0.05, 0) is 19.3 Å². The first-order chi connectivity index (χ1) is 9.85. The summed E-state index contributed by atoms with van der Waals surface area (Å²) in [7, 11) is 1.33. The van der Waals surface area contributed by atoms with Crippen molar-refractivity contribution >= 4 is 11.4 Å². The molecule has 0 bridgehead atoms. The monoisotopic (exact) mass is 298 g/mol. The van der Waals surface area contributed by atoms with Crippen molar-refractivity contribution in [2.75, 3.05) is 12.4 Å². The minimum atomic E-state index is -0.655. The van der Waals surface area contributed by atoms with Crippen molar-refractivity contribution in [3.63, 3.8) is 0 Å².